The number of hydrogen-bond acceptors (Lipinski definition) is 39. The van der Waals surface area contributed by atoms with Crippen molar-refractivity contribution in [2.75, 3.05) is 68.3 Å². The Morgan fingerprint density at radius 2 is 0.670 bits per heavy atom. The molecule has 0 amide bonds. The molecule has 6 unspecified atom stereocenters. The molecule has 0 bridgehead atoms. The van der Waals surface area contributed by atoms with E-state index in [2.05, 4.69) is 69.8 Å². The molecular formula is C58H77N25O23. The van der Waals surface area contributed by atoms with Crippen LogP contribution >= 0.6 is 0 Å². The van der Waals surface area contributed by atoms with Gasteiger partial charge < -0.3 is 118 Å². The van der Waals surface area contributed by atoms with Crippen molar-refractivity contribution in [1.29, 1.82) is 0 Å². The van der Waals surface area contributed by atoms with E-state index in [1.54, 1.807) is 21.8 Å². The van der Waals surface area contributed by atoms with Crippen LogP contribution in [0.15, 0.2) is 86.5 Å². The Balaban J connectivity index is 0.000000127. The summed E-state index contributed by atoms with van der Waals surface area (Å²) >= 11 is 0. The number of aliphatic hydroxyl groups is 12. The summed E-state index contributed by atoms with van der Waals surface area (Å²) in [4.78, 5) is 107. The average Bonchev–Trinajstić information content (AvgIpc) is 1.34. The molecule has 10 aromatic rings. The number of nitrogen functional groups attached to an aromatic ring is 5. The first-order valence-corrected chi connectivity index (χ1v) is 32.5. The monoisotopic (exact) mass is 1490 g/mol. The van der Waals surface area contributed by atoms with Crippen LogP contribution in [0, 0.1) is 0 Å². The minimum Gasteiger partial charge on any atom is -0.394 e. The maximum Gasteiger partial charge on any atom is 0.351 e. The first-order chi connectivity index (χ1) is 50.8. The maximum atomic E-state index is 11.6. The van der Waals surface area contributed by atoms with E-state index in [0.29, 0.717) is 46.8 Å². The highest BCUT2D eigenvalue weighted by atomic mass is 16.6. The fraction of sp³-hybridized carbons (Fsp3) is 0.517. The molecule has 6 saturated heterocycles. The van der Waals surface area contributed by atoms with Gasteiger partial charge in [0.05, 0.1) is 102 Å². The largest absolute Gasteiger partial charge is 0.394 e. The smallest absolute Gasteiger partial charge is 0.351 e. The van der Waals surface area contributed by atoms with Crippen LogP contribution in [-0.2, 0) is 28.4 Å². The van der Waals surface area contributed by atoms with Gasteiger partial charge in [-0.15, -0.1) is 0 Å². The SMILES string of the molecule is Nc1ccn([C@H]2CC(O)[C@@H](CO)O2)c(=O)n1.Nc1nc2c(ncn2[C@H]2CC(O)[C@@H](CO)O2)c(=O)[nH]1.Nc1nc2c(ncn2[C@H]2CC(O)[C@@H](CO)O2)c(=O)[nH]1.Nc1ncnc2c1ncn2[C@H]1CC(O)[C@@H](CO)O1.Nc1ncnc2c1ncn2[C@H]1CC(O)[C@@H](CO)O1.O=c1ccn([C@H]2CC(O)[C@@H](CO)O2)c(=O)[nH]1. The summed E-state index contributed by atoms with van der Waals surface area (Å²) < 4.78 is 41.5. The molecule has 10 aromatic heterocycles. The Kier molecular flexibility index (Phi) is 24.2. The van der Waals surface area contributed by atoms with Gasteiger partial charge in [0.1, 0.15) is 103 Å². The third-order valence-corrected chi connectivity index (χ3v) is 17.5. The molecule has 6 fully saturated rings. The summed E-state index contributed by atoms with van der Waals surface area (Å²) in [7, 11) is 0. The van der Waals surface area contributed by atoms with Crippen LogP contribution in [0.2, 0.25) is 0 Å². The molecule has 572 valence electrons. The Hall–Kier alpha value is -10.4. The lowest BCUT2D eigenvalue weighted by Crippen LogP contribution is -2.31. The Labute approximate surface area is 591 Å². The summed E-state index contributed by atoms with van der Waals surface area (Å²) in [5, 5.41) is 112. The lowest BCUT2D eigenvalue weighted by Gasteiger charge is -2.13. The van der Waals surface area contributed by atoms with Crippen molar-refractivity contribution in [3.8, 4) is 0 Å². The molecule has 48 heteroatoms. The fourth-order valence-electron chi connectivity index (χ4n) is 12.1. The number of fused-ring (bicyclic) bond motifs is 4. The molecule has 6 aliphatic heterocycles. The number of nitrogens with zero attached hydrogens (tertiary/aromatic N) is 17. The van der Waals surface area contributed by atoms with E-state index < -0.39 is 139 Å². The van der Waals surface area contributed by atoms with Crippen molar-refractivity contribution in [2.24, 2.45) is 0 Å². The van der Waals surface area contributed by atoms with Crippen molar-refractivity contribution >= 4 is 74.0 Å². The number of nitrogens with one attached hydrogen (secondary N) is 3. The van der Waals surface area contributed by atoms with Gasteiger partial charge in [-0.25, -0.2) is 49.5 Å². The first-order valence-electron chi connectivity index (χ1n) is 32.5. The van der Waals surface area contributed by atoms with Crippen molar-refractivity contribution in [3.05, 3.63) is 115 Å². The number of aromatic amines is 3. The number of imidazole rings is 4. The van der Waals surface area contributed by atoms with Gasteiger partial charge in [0.25, 0.3) is 16.7 Å². The predicted molar refractivity (Wildman–Crippen MR) is 359 cm³/mol. The molecule has 0 radical (unpaired) electrons. The van der Waals surface area contributed by atoms with Gasteiger partial charge in [0.15, 0.2) is 45.3 Å². The highest BCUT2D eigenvalue weighted by molar-refractivity contribution is 5.82. The molecule has 16 rings (SSSR count). The Morgan fingerprint density at radius 3 is 0.981 bits per heavy atom. The van der Waals surface area contributed by atoms with Crippen molar-refractivity contribution in [2.45, 2.75) is 149 Å². The van der Waals surface area contributed by atoms with Crippen LogP contribution < -0.4 is 56.7 Å². The van der Waals surface area contributed by atoms with E-state index in [1.807, 2.05) is 0 Å². The number of anilines is 5. The summed E-state index contributed by atoms with van der Waals surface area (Å²) in [5.41, 5.74) is 28.2. The zero-order valence-electron chi connectivity index (χ0n) is 55.5. The van der Waals surface area contributed by atoms with Crippen LogP contribution in [0.25, 0.3) is 44.7 Å². The number of aliphatic hydroxyl groups excluding tert-OH is 12. The summed E-state index contributed by atoms with van der Waals surface area (Å²) in [6.45, 7) is -1.59. The van der Waals surface area contributed by atoms with Gasteiger partial charge in [-0.2, -0.15) is 15.0 Å². The van der Waals surface area contributed by atoms with E-state index in [1.165, 1.54) is 68.1 Å². The average molecular weight is 1490 g/mol. The number of aromatic nitrogens is 20. The highest BCUT2D eigenvalue weighted by Gasteiger charge is 2.41. The van der Waals surface area contributed by atoms with E-state index in [9.17, 15) is 54.6 Å². The second-order valence-corrected chi connectivity index (χ2v) is 24.5. The fourth-order valence-corrected chi connectivity index (χ4v) is 12.1. The topological polar surface area (TPSA) is 732 Å². The molecule has 48 nitrogen and oxygen atoms in total. The van der Waals surface area contributed by atoms with Gasteiger partial charge in [-0.3, -0.25) is 56.7 Å². The zero-order valence-corrected chi connectivity index (χ0v) is 55.5. The van der Waals surface area contributed by atoms with Crippen molar-refractivity contribution < 1.29 is 89.7 Å². The van der Waals surface area contributed by atoms with Crippen LogP contribution in [0.1, 0.15) is 75.9 Å². The summed E-state index contributed by atoms with van der Waals surface area (Å²) in [6, 6.07) is 2.67. The molecule has 6 aliphatic rings. The number of hydrogen-bond donors (Lipinski definition) is 20. The molecule has 25 N–H and O–H groups in total. The van der Waals surface area contributed by atoms with Crippen LogP contribution in [-0.4, -0.2) is 271 Å². The van der Waals surface area contributed by atoms with E-state index in [0.717, 1.165) is 0 Å². The number of H-pyrrole nitrogens is 3. The van der Waals surface area contributed by atoms with Crippen molar-refractivity contribution in [1.82, 2.24) is 97.2 Å². The molecule has 0 aromatic carbocycles. The molecule has 16 heterocycles. The third kappa shape index (κ3) is 16.7. The van der Waals surface area contributed by atoms with Crippen LogP contribution in [0.5, 0.6) is 0 Å². The molecule has 0 saturated carbocycles. The van der Waals surface area contributed by atoms with Crippen LogP contribution in [0.3, 0.4) is 0 Å². The second-order valence-electron chi connectivity index (χ2n) is 24.5. The van der Waals surface area contributed by atoms with Gasteiger partial charge in [-0.1, -0.05) is 0 Å². The number of ether oxygens (including phenoxy) is 6. The van der Waals surface area contributed by atoms with Crippen molar-refractivity contribution in [3.63, 3.8) is 0 Å². The molecule has 106 heavy (non-hydrogen) atoms. The normalized spacial score (nSPS) is 28.2. The van der Waals surface area contributed by atoms with E-state index >= 15 is 0 Å². The summed E-state index contributed by atoms with van der Waals surface area (Å²) in [5.74, 6) is 0.707. The standard InChI is InChI=1S/2C10H13N5O4.2C10H13N5O3.C9H13N3O4.C9H12N2O5/c2*11-10-13-8-7(9(18)14-10)12-3-15(8)6-1-4(17)5(2-16)19-6;2*11-9-8-10(13-3-12-9)15(4-14-8)7-1-5(17)6(2-16)18-7;10-7-1-2-12(9(15)11-7)8-3-5(14)6(4-13)16-8;12-4-6-5(13)3-8(16-6)11-2-1-7(14)10-9(11)15/h2*3-6,16-17H,1-2H2,(H3,11,13,14,18);2*3-7,16-17H,1-2H2,(H2,11,12,13);1-2,5-6,8,13-14H,3-4H2,(H2,10,11,15);1-2,5-6,8,12-13H,3-4H2,(H,10,14,15)/t2*4?,5-,6-;2*5?,6-,7-;2*5?,6-,8-/m111111/s1. The first kappa shape index (κ1) is 76.8. The number of rotatable bonds is 12. The Bertz CT molecular complexity index is 4730. The van der Waals surface area contributed by atoms with Crippen LogP contribution in [0.4, 0.5) is 29.4 Å². The minimum atomic E-state index is -0.811. The quantitative estimate of drug-likeness (QED) is 0.0540. The van der Waals surface area contributed by atoms with E-state index in [-0.39, 0.29) is 105 Å². The van der Waals surface area contributed by atoms with Gasteiger partial charge in [-0.05, 0) is 6.07 Å². The maximum absolute atomic E-state index is 11.6. The molecule has 18 atom stereocenters. The third-order valence-electron chi connectivity index (χ3n) is 17.5. The van der Waals surface area contributed by atoms with Gasteiger partial charge >= 0.3 is 11.4 Å². The second kappa shape index (κ2) is 33.4. The molecule has 0 aliphatic carbocycles. The van der Waals surface area contributed by atoms with Gasteiger partial charge in [0.2, 0.25) is 11.9 Å². The minimum absolute atomic E-state index is 0.0171. The highest BCUT2D eigenvalue weighted by Crippen LogP contribution is 2.35. The van der Waals surface area contributed by atoms with Gasteiger partial charge in [0, 0.05) is 57.0 Å². The number of nitrogens with two attached hydrogens (primary N) is 5. The Morgan fingerprint density at radius 1 is 0.368 bits per heavy atom. The zero-order chi connectivity index (χ0) is 75.9. The molecular weight excluding hydrogens is 1410 g/mol. The lowest BCUT2D eigenvalue weighted by atomic mass is 10.2. The lowest BCUT2D eigenvalue weighted by molar-refractivity contribution is -0.0459. The predicted octanol–water partition coefficient (Wildman–Crippen LogP) is -8.57. The summed E-state index contributed by atoms with van der Waals surface area (Å²) in [6.07, 6.45) is 1.67. The van der Waals surface area contributed by atoms with E-state index in [4.69, 9.17) is 87.7 Å². The molecule has 0 spiro atoms.